The lowest BCUT2D eigenvalue weighted by atomic mass is 10.1. The standard InChI is InChI=1S/C25H33ClN2.ClH/c1-3-4-5-6-7-12-17-27-18-23-20(2)28(25-16-11-9-14-22(23)25)19-21-13-8-10-15-24(21)26;/h8-11,13-16,27H,3-7,12,17-19H2,1-2H3;1H. The van der Waals surface area contributed by atoms with Gasteiger partial charge < -0.3 is 9.88 Å². The highest BCUT2D eigenvalue weighted by molar-refractivity contribution is 6.31. The molecule has 2 aromatic carbocycles. The molecule has 0 amide bonds. The molecule has 3 rings (SSSR count). The van der Waals surface area contributed by atoms with Crippen LogP contribution in [0.2, 0.25) is 5.02 Å². The lowest BCUT2D eigenvalue weighted by Gasteiger charge is -2.11. The predicted molar refractivity (Wildman–Crippen MR) is 130 cm³/mol. The summed E-state index contributed by atoms with van der Waals surface area (Å²) in [6.07, 6.45) is 8.03. The molecule has 0 radical (unpaired) electrons. The summed E-state index contributed by atoms with van der Waals surface area (Å²) >= 11 is 6.42. The number of rotatable bonds is 11. The summed E-state index contributed by atoms with van der Waals surface area (Å²) in [5.41, 5.74) is 5.20. The number of benzene rings is 2. The fraction of sp³-hybridized carbons (Fsp3) is 0.440. The van der Waals surface area contributed by atoms with Crippen LogP contribution in [0.1, 0.15) is 62.3 Å². The van der Waals surface area contributed by atoms with E-state index in [0.717, 1.165) is 24.7 Å². The third-order valence-electron chi connectivity index (χ3n) is 5.66. The first-order valence-electron chi connectivity index (χ1n) is 10.7. The Hall–Kier alpha value is -1.48. The van der Waals surface area contributed by atoms with Crippen molar-refractivity contribution in [2.75, 3.05) is 6.54 Å². The molecule has 0 saturated carbocycles. The van der Waals surface area contributed by atoms with E-state index in [-0.39, 0.29) is 12.4 Å². The molecule has 1 N–H and O–H groups in total. The average Bonchev–Trinajstić information content (AvgIpc) is 2.97. The van der Waals surface area contributed by atoms with Crippen LogP contribution in [0.3, 0.4) is 0 Å². The summed E-state index contributed by atoms with van der Waals surface area (Å²) < 4.78 is 2.40. The highest BCUT2D eigenvalue weighted by Gasteiger charge is 2.14. The number of nitrogens with zero attached hydrogens (tertiary/aromatic N) is 1. The maximum absolute atomic E-state index is 6.42. The summed E-state index contributed by atoms with van der Waals surface area (Å²) in [5, 5.41) is 5.86. The summed E-state index contributed by atoms with van der Waals surface area (Å²) in [7, 11) is 0. The zero-order valence-electron chi connectivity index (χ0n) is 17.7. The van der Waals surface area contributed by atoms with Crippen LogP contribution in [0, 0.1) is 6.92 Å². The van der Waals surface area contributed by atoms with Gasteiger partial charge in [0.05, 0.1) is 0 Å². The van der Waals surface area contributed by atoms with Crippen molar-refractivity contribution in [3.63, 3.8) is 0 Å². The van der Waals surface area contributed by atoms with Crippen molar-refractivity contribution in [1.29, 1.82) is 0 Å². The number of nitrogens with one attached hydrogen (secondary N) is 1. The molecule has 1 aromatic heterocycles. The lowest BCUT2D eigenvalue weighted by Crippen LogP contribution is -2.15. The first kappa shape index (κ1) is 23.8. The van der Waals surface area contributed by atoms with Crippen LogP contribution in [-0.2, 0) is 13.1 Å². The van der Waals surface area contributed by atoms with Gasteiger partial charge in [-0.15, -0.1) is 12.4 Å². The molecule has 158 valence electrons. The topological polar surface area (TPSA) is 17.0 Å². The number of fused-ring (bicyclic) bond motifs is 1. The van der Waals surface area contributed by atoms with Gasteiger partial charge in [-0.1, -0.05) is 87.0 Å². The number of aromatic nitrogens is 1. The molecule has 0 bridgehead atoms. The van der Waals surface area contributed by atoms with Gasteiger partial charge in [0.2, 0.25) is 0 Å². The smallest absolute Gasteiger partial charge is 0.0493 e. The van der Waals surface area contributed by atoms with Crippen molar-refractivity contribution in [1.82, 2.24) is 9.88 Å². The van der Waals surface area contributed by atoms with Gasteiger partial charge in [0.15, 0.2) is 0 Å². The molecule has 0 spiro atoms. The van der Waals surface area contributed by atoms with Crippen molar-refractivity contribution in [3.05, 3.63) is 70.4 Å². The van der Waals surface area contributed by atoms with Crippen molar-refractivity contribution in [3.8, 4) is 0 Å². The molecule has 0 fully saturated rings. The number of unbranched alkanes of at least 4 members (excludes halogenated alkanes) is 5. The molecule has 1 heterocycles. The van der Waals surface area contributed by atoms with Crippen LogP contribution in [0.5, 0.6) is 0 Å². The first-order chi connectivity index (χ1) is 13.7. The zero-order valence-corrected chi connectivity index (χ0v) is 19.3. The van der Waals surface area contributed by atoms with Gasteiger partial charge in [0.1, 0.15) is 0 Å². The van der Waals surface area contributed by atoms with Gasteiger partial charge in [-0.05, 0) is 43.1 Å². The molecule has 2 nitrogen and oxygen atoms in total. The van der Waals surface area contributed by atoms with Crippen molar-refractivity contribution >= 4 is 34.9 Å². The normalized spacial score (nSPS) is 11.0. The highest BCUT2D eigenvalue weighted by Crippen LogP contribution is 2.28. The SMILES string of the molecule is CCCCCCCCNCc1c(C)n(Cc2ccccc2Cl)c2ccccc12.Cl. The Morgan fingerprint density at radius 3 is 2.38 bits per heavy atom. The summed E-state index contributed by atoms with van der Waals surface area (Å²) in [5.74, 6) is 0. The second-order valence-electron chi connectivity index (χ2n) is 7.70. The zero-order chi connectivity index (χ0) is 19.8. The second-order valence-corrected chi connectivity index (χ2v) is 8.11. The van der Waals surface area contributed by atoms with E-state index in [9.17, 15) is 0 Å². The molecule has 0 aliphatic carbocycles. The van der Waals surface area contributed by atoms with Gasteiger partial charge in [0.25, 0.3) is 0 Å². The van der Waals surface area contributed by atoms with E-state index in [1.165, 1.54) is 66.2 Å². The second kappa shape index (κ2) is 12.3. The van der Waals surface area contributed by atoms with Crippen molar-refractivity contribution < 1.29 is 0 Å². The van der Waals surface area contributed by atoms with Gasteiger partial charge in [-0.2, -0.15) is 0 Å². The lowest BCUT2D eigenvalue weighted by molar-refractivity contribution is 0.571. The molecule has 0 saturated heterocycles. The Morgan fingerprint density at radius 1 is 0.897 bits per heavy atom. The van der Waals surface area contributed by atoms with E-state index >= 15 is 0 Å². The van der Waals surface area contributed by atoms with Crippen LogP contribution in [0.4, 0.5) is 0 Å². The van der Waals surface area contributed by atoms with E-state index in [0.29, 0.717) is 0 Å². The minimum absolute atomic E-state index is 0. The molecule has 4 heteroatoms. The van der Waals surface area contributed by atoms with E-state index < -0.39 is 0 Å². The molecule has 0 unspecified atom stereocenters. The quantitative estimate of drug-likeness (QED) is 0.309. The van der Waals surface area contributed by atoms with E-state index in [1.54, 1.807) is 0 Å². The summed E-state index contributed by atoms with van der Waals surface area (Å²) in [4.78, 5) is 0. The number of hydrogen-bond donors (Lipinski definition) is 1. The fourth-order valence-corrected chi connectivity index (χ4v) is 4.17. The molecule has 0 atom stereocenters. The largest absolute Gasteiger partial charge is 0.340 e. The van der Waals surface area contributed by atoms with Gasteiger partial charge in [-0.25, -0.2) is 0 Å². The maximum atomic E-state index is 6.42. The first-order valence-corrected chi connectivity index (χ1v) is 11.1. The average molecular weight is 433 g/mol. The Kier molecular flexibility index (Phi) is 10.1. The van der Waals surface area contributed by atoms with Crippen molar-refractivity contribution in [2.24, 2.45) is 0 Å². The minimum atomic E-state index is 0. The van der Waals surface area contributed by atoms with E-state index in [2.05, 4.69) is 60.1 Å². The highest BCUT2D eigenvalue weighted by atomic mass is 35.5. The van der Waals surface area contributed by atoms with Crippen LogP contribution >= 0.6 is 24.0 Å². The number of hydrogen-bond acceptors (Lipinski definition) is 1. The van der Waals surface area contributed by atoms with Crippen LogP contribution in [0.25, 0.3) is 10.9 Å². The molecule has 0 aliphatic heterocycles. The Bertz CT molecular complexity index is 886. The number of halogens is 2. The molecule has 29 heavy (non-hydrogen) atoms. The number of para-hydroxylation sites is 1. The predicted octanol–water partition coefficient (Wildman–Crippen LogP) is 7.52. The van der Waals surface area contributed by atoms with Crippen LogP contribution in [-0.4, -0.2) is 11.1 Å². The van der Waals surface area contributed by atoms with Crippen LogP contribution < -0.4 is 5.32 Å². The monoisotopic (exact) mass is 432 g/mol. The third kappa shape index (κ3) is 6.25. The maximum Gasteiger partial charge on any atom is 0.0493 e. The molecule has 0 aliphatic rings. The van der Waals surface area contributed by atoms with Gasteiger partial charge in [0, 0.05) is 34.7 Å². The van der Waals surface area contributed by atoms with E-state index in [1.807, 2.05) is 12.1 Å². The van der Waals surface area contributed by atoms with E-state index in [4.69, 9.17) is 11.6 Å². The fourth-order valence-electron chi connectivity index (χ4n) is 3.97. The molecular formula is C25H34Cl2N2. The summed E-state index contributed by atoms with van der Waals surface area (Å²) in [6.45, 7) is 7.33. The van der Waals surface area contributed by atoms with Gasteiger partial charge >= 0.3 is 0 Å². The Balaban J connectivity index is 0.00000300. The molecular weight excluding hydrogens is 399 g/mol. The Labute approximate surface area is 187 Å². The third-order valence-corrected chi connectivity index (χ3v) is 6.03. The van der Waals surface area contributed by atoms with Crippen molar-refractivity contribution in [2.45, 2.75) is 65.5 Å². The van der Waals surface area contributed by atoms with Crippen LogP contribution in [0.15, 0.2) is 48.5 Å². The minimum Gasteiger partial charge on any atom is -0.340 e. The summed E-state index contributed by atoms with van der Waals surface area (Å²) in [6, 6.07) is 16.9. The van der Waals surface area contributed by atoms with Gasteiger partial charge in [-0.3, -0.25) is 0 Å². The molecule has 3 aromatic rings. The Morgan fingerprint density at radius 2 is 1.59 bits per heavy atom.